The molecule has 0 aliphatic rings. The van der Waals surface area contributed by atoms with E-state index < -0.39 is 68.7 Å². The number of nitriles is 1. The Balaban J connectivity index is 2.90. The molecule has 2 aromatic rings. The van der Waals surface area contributed by atoms with Gasteiger partial charge in [-0.2, -0.15) is 14.7 Å². The van der Waals surface area contributed by atoms with Gasteiger partial charge in [-0.25, -0.2) is 13.1 Å². The SMILES string of the molecule is CS(=O)(=O)N(c1c(C#N)nn(-c2c(Cl)cc(S(F)(F)(F)(F)F)cc2Cl)c1N)C(F)(F)F. The molecule has 0 atom stereocenters. The van der Waals surface area contributed by atoms with Crippen LogP contribution in [0.2, 0.25) is 10.0 Å². The number of nitrogens with two attached hydrogens (primary N) is 1. The number of halogens is 10. The Bertz CT molecular complexity index is 1210. The summed E-state index contributed by atoms with van der Waals surface area (Å²) in [6, 6.07) is 0.602. The third kappa shape index (κ3) is 4.86. The standard InChI is InChI=1S/C12H7Cl2F8N5O2S2/c1-30(28,29)27(12(15,16)17)10-8(4-23)25-26(11(10)24)9-6(13)2-5(3-7(9)14)31(18,19,20,21)22/h2-3H,24H2,1H3. The maximum Gasteiger partial charge on any atom is 0.498 e. The van der Waals surface area contributed by atoms with Crippen LogP contribution in [0, 0.1) is 11.3 Å². The molecule has 0 saturated carbocycles. The summed E-state index contributed by atoms with van der Waals surface area (Å²) in [7, 11) is -15.4. The maximum atomic E-state index is 13.3. The molecule has 1 heterocycles. The fourth-order valence-electron chi connectivity index (χ4n) is 2.32. The summed E-state index contributed by atoms with van der Waals surface area (Å²) in [4.78, 5) is -2.52. The summed E-state index contributed by atoms with van der Waals surface area (Å²) in [5, 5.41) is 9.99. The van der Waals surface area contributed by atoms with Crippen LogP contribution in [0.3, 0.4) is 0 Å². The van der Waals surface area contributed by atoms with Gasteiger partial charge in [-0.1, -0.05) is 42.6 Å². The molecular formula is C12H7Cl2F8N5O2S2. The molecule has 0 fully saturated rings. The summed E-state index contributed by atoms with van der Waals surface area (Å²) in [5.74, 6) is -1.23. The topological polar surface area (TPSA) is 105 Å². The van der Waals surface area contributed by atoms with E-state index in [0.717, 1.165) is 6.07 Å². The maximum absolute atomic E-state index is 13.3. The molecule has 174 valence electrons. The number of anilines is 2. The lowest BCUT2D eigenvalue weighted by Gasteiger charge is -2.40. The zero-order chi connectivity index (χ0) is 24.4. The molecule has 1 aromatic heterocycles. The highest BCUT2D eigenvalue weighted by Gasteiger charge is 2.65. The van der Waals surface area contributed by atoms with Crippen LogP contribution in [0.25, 0.3) is 5.69 Å². The third-order valence-electron chi connectivity index (χ3n) is 3.41. The highest BCUT2D eigenvalue weighted by molar-refractivity contribution is 8.45. The predicted molar refractivity (Wildman–Crippen MR) is 97.5 cm³/mol. The van der Waals surface area contributed by atoms with Crippen LogP contribution in [-0.2, 0) is 10.0 Å². The van der Waals surface area contributed by atoms with Gasteiger partial charge in [0, 0.05) is 0 Å². The fraction of sp³-hybridized carbons (Fsp3) is 0.167. The number of sulfonamides is 1. The number of benzene rings is 1. The zero-order valence-corrected chi connectivity index (χ0v) is 17.6. The van der Waals surface area contributed by atoms with E-state index in [1.54, 1.807) is 0 Å². The smallest absolute Gasteiger partial charge is 0.382 e. The molecule has 0 radical (unpaired) electrons. The Morgan fingerprint density at radius 2 is 1.61 bits per heavy atom. The Hall–Kier alpha value is -2.16. The second-order valence-corrected chi connectivity index (χ2v) is 10.9. The van der Waals surface area contributed by atoms with E-state index in [4.69, 9.17) is 34.2 Å². The van der Waals surface area contributed by atoms with Crippen molar-refractivity contribution in [1.29, 1.82) is 5.26 Å². The minimum Gasteiger partial charge on any atom is -0.382 e. The van der Waals surface area contributed by atoms with Gasteiger partial charge in [-0.05, 0) is 12.1 Å². The Morgan fingerprint density at radius 1 is 1.16 bits per heavy atom. The van der Waals surface area contributed by atoms with Crippen LogP contribution < -0.4 is 10.0 Å². The number of nitrogen functional groups attached to an aromatic ring is 1. The molecule has 0 spiro atoms. The van der Waals surface area contributed by atoms with E-state index in [1.165, 1.54) is 0 Å². The number of hydrogen-bond donors (Lipinski definition) is 1. The van der Waals surface area contributed by atoms with Crippen LogP contribution in [0.1, 0.15) is 5.69 Å². The summed E-state index contributed by atoms with van der Waals surface area (Å²) in [5.41, 5.74) is 1.84. The van der Waals surface area contributed by atoms with E-state index in [2.05, 4.69) is 5.10 Å². The van der Waals surface area contributed by atoms with Gasteiger partial charge in [0.05, 0.1) is 16.3 Å². The van der Waals surface area contributed by atoms with E-state index in [1.807, 2.05) is 0 Å². The van der Waals surface area contributed by atoms with Crippen molar-refractivity contribution in [1.82, 2.24) is 9.78 Å². The van der Waals surface area contributed by atoms with Gasteiger partial charge in [0.1, 0.15) is 22.3 Å². The molecule has 7 nitrogen and oxygen atoms in total. The number of rotatable bonds is 4. The van der Waals surface area contributed by atoms with Crippen molar-refractivity contribution in [2.75, 3.05) is 16.3 Å². The summed E-state index contributed by atoms with van der Waals surface area (Å²) in [6.45, 7) is 0. The first-order valence-corrected chi connectivity index (χ1v) is 11.6. The molecule has 2 rings (SSSR count). The summed E-state index contributed by atoms with van der Waals surface area (Å²) < 4.78 is 127. The molecule has 0 unspecified atom stereocenters. The van der Waals surface area contributed by atoms with Crippen molar-refractivity contribution < 1.29 is 41.0 Å². The van der Waals surface area contributed by atoms with Crippen molar-refractivity contribution >= 4 is 55.0 Å². The average molecular weight is 540 g/mol. The summed E-state index contributed by atoms with van der Waals surface area (Å²) >= 11 is 11.2. The molecule has 0 aliphatic carbocycles. The second-order valence-electron chi connectivity index (χ2n) is 5.81. The second kappa shape index (κ2) is 6.43. The lowest BCUT2D eigenvalue weighted by Crippen LogP contribution is -2.43. The van der Waals surface area contributed by atoms with Crippen LogP contribution in [0.4, 0.5) is 44.1 Å². The Labute approximate surface area is 178 Å². The van der Waals surface area contributed by atoms with Gasteiger partial charge in [-0.15, -0.1) is 13.2 Å². The highest BCUT2D eigenvalue weighted by atomic mass is 35.5. The predicted octanol–water partition coefficient (Wildman–Crippen LogP) is 5.58. The number of alkyl halides is 3. The number of hydrogen-bond acceptors (Lipinski definition) is 5. The molecule has 31 heavy (non-hydrogen) atoms. The quantitative estimate of drug-likeness (QED) is 0.403. The normalized spacial score (nSPS) is 15.2. The molecule has 19 heteroatoms. The van der Waals surface area contributed by atoms with Gasteiger partial charge in [0.15, 0.2) is 11.5 Å². The highest BCUT2D eigenvalue weighted by Crippen LogP contribution is 3.02. The van der Waals surface area contributed by atoms with Crippen LogP contribution in [0.5, 0.6) is 0 Å². The van der Waals surface area contributed by atoms with Crippen molar-refractivity contribution in [3.63, 3.8) is 0 Å². The van der Waals surface area contributed by atoms with Gasteiger partial charge >= 0.3 is 16.5 Å². The van der Waals surface area contributed by atoms with Crippen LogP contribution in [-0.4, -0.2) is 30.8 Å². The minimum atomic E-state index is -10.3. The fourth-order valence-corrected chi connectivity index (χ4v) is 4.66. The third-order valence-corrected chi connectivity index (χ3v) is 6.17. The van der Waals surface area contributed by atoms with Crippen molar-refractivity contribution in [2.45, 2.75) is 11.2 Å². The number of aromatic nitrogens is 2. The Kier molecular flexibility index (Phi) is 5.21. The van der Waals surface area contributed by atoms with Gasteiger partial charge in [-0.3, -0.25) is 0 Å². The lowest BCUT2D eigenvalue weighted by atomic mass is 10.3. The van der Waals surface area contributed by atoms with Crippen molar-refractivity contribution in [3.8, 4) is 11.8 Å². The molecule has 1 aromatic carbocycles. The van der Waals surface area contributed by atoms with E-state index in [9.17, 15) is 41.0 Å². The molecule has 0 bridgehead atoms. The molecule has 0 amide bonds. The van der Waals surface area contributed by atoms with Gasteiger partial charge < -0.3 is 5.73 Å². The largest absolute Gasteiger partial charge is 0.498 e. The Morgan fingerprint density at radius 3 is 1.94 bits per heavy atom. The minimum absolute atomic E-state index is 0.123. The van der Waals surface area contributed by atoms with Gasteiger partial charge in [0.2, 0.25) is 10.0 Å². The van der Waals surface area contributed by atoms with E-state index in [-0.39, 0.29) is 23.1 Å². The first-order chi connectivity index (χ1) is 13.5. The molecule has 0 aliphatic heterocycles. The lowest BCUT2D eigenvalue weighted by molar-refractivity contribution is -0.115. The molecule has 0 saturated heterocycles. The van der Waals surface area contributed by atoms with Crippen molar-refractivity contribution in [2.24, 2.45) is 0 Å². The van der Waals surface area contributed by atoms with Gasteiger partial charge in [0.25, 0.3) is 0 Å². The molecule has 2 N–H and O–H groups in total. The zero-order valence-electron chi connectivity index (χ0n) is 14.4. The summed E-state index contributed by atoms with van der Waals surface area (Å²) in [6.07, 6.45) is -5.51. The van der Waals surface area contributed by atoms with E-state index >= 15 is 0 Å². The number of nitrogens with zero attached hydrogens (tertiary/aromatic N) is 4. The monoisotopic (exact) mass is 539 g/mol. The first-order valence-electron chi connectivity index (χ1n) is 7.08. The van der Waals surface area contributed by atoms with Crippen LogP contribution in [0.15, 0.2) is 17.0 Å². The van der Waals surface area contributed by atoms with E-state index in [0.29, 0.717) is 0 Å². The molecular weight excluding hydrogens is 533 g/mol. The van der Waals surface area contributed by atoms with Crippen LogP contribution >= 0.6 is 33.4 Å². The first kappa shape index (κ1) is 25.1. The van der Waals surface area contributed by atoms with Crippen molar-refractivity contribution in [3.05, 3.63) is 27.9 Å². The average Bonchev–Trinajstić information content (AvgIpc) is 2.79.